The van der Waals surface area contributed by atoms with E-state index in [9.17, 15) is 19.1 Å². The number of hydrogen-bond acceptors (Lipinski definition) is 5. The number of nitrogens with one attached hydrogen (secondary N) is 1. The molecule has 2 unspecified atom stereocenters. The lowest BCUT2D eigenvalue weighted by Gasteiger charge is -2.22. The van der Waals surface area contributed by atoms with Gasteiger partial charge in [-0.05, 0) is 24.1 Å². The average Bonchev–Trinajstić information content (AvgIpc) is 3.14. The zero-order valence-corrected chi connectivity index (χ0v) is 16.6. The topological polar surface area (TPSA) is 93.5 Å². The second kappa shape index (κ2) is 9.32. The third kappa shape index (κ3) is 4.72. The van der Waals surface area contributed by atoms with Crippen LogP contribution in [0.4, 0.5) is 4.39 Å². The molecule has 3 aromatic rings. The van der Waals surface area contributed by atoms with E-state index in [1.54, 1.807) is 19.2 Å². The molecule has 0 spiro atoms. The SMILES string of the molecule is COC(=O)C(O)C(Cc1ccccc1)NC(=O)c1cn(C)nc1-c1ccccc1F. The number of aryl methyl sites for hydroxylation is 1. The van der Waals surface area contributed by atoms with Gasteiger partial charge in [-0.3, -0.25) is 9.48 Å². The number of aliphatic hydroxyl groups excluding tert-OH is 1. The van der Waals surface area contributed by atoms with Crippen molar-refractivity contribution >= 4 is 11.9 Å². The molecule has 0 fully saturated rings. The van der Waals surface area contributed by atoms with Gasteiger partial charge in [-0.2, -0.15) is 5.10 Å². The highest BCUT2D eigenvalue weighted by molar-refractivity contribution is 6.00. The van der Waals surface area contributed by atoms with Crippen LogP contribution in [0.5, 0.6) is 0 Å². The van der Waals surface area contributed by atoms with Crippen molar-refractivity contribution in [3.8, 4) is 11.3 Å². The molecule has 0 radical (unpaired) electrons. The zero-order valence-electron chi connectivity index (χ0n) is 16.6. The fraction of sp³-hybridized carbons (Fsp3) is 0.227. The van der Waals surface area contributed by atoms with Crippen molar-refractivity contribution in [1.82, 2.24) is 15.1 Å². The number of methoxy groups -OCH3 is 1. The monoisotopic (exact) mass is 411 g/mol. The van der Waals surface area contributed by atoms with Crippen molar-refractivity contribution in [3.63, 3.8) is 0 Å². The molecule has 2 atom stereocenters. The van der Waals surface area contributed by atoms with E-state index in [0.717, 1.165) is 12.7 Å². The van der Waals surface area contributed by atoms with Gasteiger partial charge in [0.05, 0.1) is 18.7 Å². The zero-order chi connectivity index (χ0) is 21.7. The number of esters is 1. The summed E-state index contributed by atoms with van der Waals surface area (Å²) in [7, 11) is 2.77. The van der Waals surface area contributed by atoms with Crippen molar-refractivity contribution < 1.29 is 23.8 Å². The lowest BCUT2D eigenvalue weighted by Crippen LogP contribution is -2.48. The van der Waals surface area contributed by atoms with Gasteiger partial charge in [0.1, 0.15) is 11.5 Å². The molecule has 8 heteroatoms. The van der Waals surface area contributed by atoms with Crippen molar-refractivity contribution in [2.45, 2.75) is 18.6 Å². The molecule has 0 aliphatic heterocycles. The fourth-order valence-corrected chi connectivity index (χ4v) is 3.15. The normalized spacial score (nSPS) is 12.8. The van der Waals surface area contributed by atoms with Crippen LogP contribution < -0.4 is 5.32 Å². The number of carbonyl (C=O) groups excluding carboxylic acids is 2. The summed E-state index contributed by atoms with van der Waals surface area (Å²) < 4.78 is 20.3. The highest BCUT2D eigenvalue weighted by Gasteiger charge is 2.30. The number of ether oxygens (including phenoxy) is 1. The van der Waals surface area contributed by atoms with Crippen LogP contribution in [0.15, 0.2) is 60.8 Å². The second-order valence-corrected chi connectivity index (χ2v) is 6.78. The first-order chi connectivity index (χ1) is 14.4. The molecule has 156 valence electrons. The molecule has 1 aromatic heterocycles. The van der Waals surface area contributed by atoms with Crippen LogP contribution in [0.2, 0.25) is 0 Å². The van der Waals surface area contributed by atoms with E-state index in [1.807, 2.05) is 30.3 Å². The first-order valence-electron chi connectivity index (χ1n) is 9.30. The van der Waals surface area contributed by atoms with Crippen LogP contribution in [0.25, 0.3) is 11.3 Å². The van der Waals surface area contributed by atoms with Gasteiger partial charge in [-0.25, -0.2) is 9.18 Å². The van der Waals surface area contributed by atoms with Gasteiger partial charge >= 0.3 is 5.97 Å². The lowest BCUT2D eigenvalue weighted by molar-refractivity contribution is -0.151. The van der Waals surface area contributed by atoms with E-state index in [2.05, 4.69) is 15.2 Å². The number of amides is 1. The molecule has 3 rings (SSSR count). The highest BCUT2D eigenvalue weighted by atomic mass is 19.1. The van der Waals surface area contributed by atoms with E-state index >= 15 is 0 Å². The summed E-state index contributed by atoms with van der Waals surface area (Å²) in [4.78, 5) is 24.9. The maximum absolute atomic E-state index is 14.3. The molecular formula is C22H22FN3O4. The van der Waals surface area contributed by atoms with Gasteiger partial charge < -0.3 is 15.2 Å². The minimum Gasteiger partial charge on any atom is -0.467 e. The van der Waals surface area contributed by atoms with Gasteiger partial charge in [-0.1, -0.05) is 42.5 Å². The Kier molecular flexibility index (Phi) is 6.58. The maximum Gasteiger partial charge on any atom is 0.336 e. The Morgan fingerprint density at radius 3 is 2.50 bits per heavy atom. The summed E-state index contributed by atoms with van der Waals surface area (Å²) in [6, 6.07) is 14.1. The minimum atomic E-state index is -1.58. The quantitative estimate of drug-likeness (QED) is 0.581. The van der Waals surface area contributed by atoms with Crippen molar-refractivity contribution in [3.05, 3.63) is 77.7 Å². The molecule has 0 aliphatic carbocycles. The third-order valence-corrected chi connectivity index (χ3v) is 4.64. The van der Waals surface area contributed by atoms with Crippen molar-refractivity contribution in [2.24, 2.45) is 7.05 Å². The third-order valence-electron chi connectivity index (χ3n) is 4.64. The Balaban J connectivity index is 1.91. The second-order valence-electron chi connectivity index (χ2n) is 6.78. The van der Waals surface area contributed by atoms with Crippen molar-refractivity contribution in [2.75, 3.05) is 7.11 Å². The fourth-order valence-electron chi connectivity index (χ4n) is 3.15. The van der Waals surface area contributed by atoms with Gasteiger partial charge in [-0.15, -0.1) is 0 Å². The maximum atomic E-state index is 14.3. The molecular weight excluding hydrogens is 389 g/mol. The number of aromatic nitrogens is 2. The summed E-state index contributed by atoms with van der Waals surface area (Å²) >= 11 is 0. The minimum absolute atomic E-state index is 0.123. The Hall–Kier alpha value is -3.52. The van der Waals surface area contributed by atoms with Crippen molar-refractivity contribution in [1.29, 1.82) is 0 Å². The standard InChI is InChI=1S/C22H22FN3O4/c1-26-13-16(19(25-26)15-10-6-7-11-17(15)23)21(28)24-18(20(27)22(29)30-2)12-14-8-4-3-5-9-14/h3-11,13,18,20,27H,12H2,1-2H3,(H,24,28). The lowest BCUT2D eigenvalue weighted by atomic mass is 10.00. The molecule has 7 nitrogen and oxygen atoms in total. The largest absolute Gasteiger partial charge is 0.467 e. The number of rotatable bonds is 7. The molecule has 2 N–H and O–H groups in total. The number of aliphatic hydroxyl groups is 1. The van der Waals surface area contributed by atoms with Crippen LogP contribution in [0.1, 0.15) is 15.9 Å². The summed E-state index contributed by atoms with van der Waals surface area (Å²) in [5, 5.41) is 17.3. The van der Waals surface area contributed by atoms with Gasteiger partial charge in [0.2, 0.25) is 0 Å². The number of halogens is 1. The highest BCUT2D eigenvalue weighted by Crippen LogP contribution is 2.25. The number of benzene rings is 2. The van der Waals surface area contributed by atoms with Gasteiger partial charge in [0, 0.05) is 18.8 Å². The first kappa shape index (κ1) is 21.2. The van der Waals surface area contributed by atoms with Gasteiger partial charge in [0.15, 0.2) is 6.10 Å². The van der Waals surface area contributed by atoms with E-state index in [1.165, 1.54) is 23.0 Å². The summed E-state index contributed by atoms with van der Waals surface area (Å²) in [6.07, 6.45) is 0.0760. The summed E-state index contributed by atoms with van der Waals surface area (Å²) in [5.41, 5.74) is 1.28. The smallest absolute Gasteiger partial charge is 0.336 e. The van der Waals surface area contributed by atoms with Crippen LogP contribution in [-0.4, -0.2) is 46.0 Å². The predicted octanol–water partition coefficient (Wildman–Crippen LogP) is 2.10. The Morgan fingerprint density at radius 1 is 1.17 bits per heavy atom. The van der Waals surface area contributed by atoms with Crippen LogP contribution >= 0.6 is 0 Å². The Bertz CT molecular complexity index is 1040. The molecule has 0 saturated carbocycles. The van der Waals surface area contributed by atoms with Crippen LogP contribution in [-0.2, 0) is 23.0 Å². The number of nitrogens with zero attached hydrogens (tertiary/aromatic N) is 2. The molecule has 2 aromatic carbocycles. The molecule has 0 bridgehead atoms. The Labute approximate surface area is 173 Å². The molecule has 1 heterocycles. The van der Waals surface area contributed by atoms with E-state index in [-0.39, 0.29) is 23.2 Å². The molecule has 30 heavy (non-hydrogen) atoms. The van der Waals surface area contributed by atoms with E-state index < -0.39 is 29.8 Å². The first-order valence-corrected chi connectivity index (χ1v) is 9.30. The molecule has 1 amide bonds. The van der Waals surface area contributed by atoms with Gasteiger partial charge in [0.25, 0.3) is 5.91 Å². The summed E-state index contributed by atoms with van der Waals surface area (Å²) in [5.74, 6) is -1.97. The summed E-state index contributed by atoms with van der Waals surface area (Å²) in [6.45, 7) is 0. The average molecular weight is 411 g/mol. The molecule has 0 saturated heterocycles. The Morgan fingerprint density at radius 2 is 1.83 bits per heavy atom. The predicted molar refractivity (Wildman–Crippen MR) is 108 cm³/mol. The number of hydrogen-bond donors (Lipinski definition) is 2. The number of carbonyl (C=O) groups is 2. The van der Waals surface area contributed by atoms with Crippen LogP contribution in [0, 0.1) is 5.82 Å². The van der Waals surface area contributed by atoms with E-state index in [4.69, 9.17) is 0 Å². The van der Waals surface area contributed by atoms with Crippen LogP contribution in [0.3, 0.4) is 0 Å². The van der Waals surface area contributed by atoms with E-state index in [0.29, 0.717) is 0 Å². The molecule has 0 aliphatic rings.